The summed E-state index contributed by atoms with van der Waals surface area (Å²) in [6.07, 6.45) is -31.4. The molecule has 0 amide bonds. The first kappa shape index (κ1) is 52.9. The van der Waals surface area contributed by atoms with Gasteiger partial charge >= 0.3 is 0 Å². The fourth-order valence-corrected chi connectivity index (χ4v) is 9.84. The number of benzene rings is 4. The molecule has 15 rings (SSSR count). The number of aliphatic hydroxyl groups is 8. The molecule has 8 bridgehead atoms. The summed E-state index contributed by atoms with van der Waals surface area (Å²) in [6, 6.07) is 38.0. The Balaban J connectivity index is 1.05. The van der Waals surface area contributed by atoms with Crippen molar-refractivity contribution in [1.82, 2.24) is 21.3 Å². The van der Waals surface area contributed by atoms with E-state index in [9.17, 15) is 40.9 Å². The molecule has 0 radical (unpaired) electrons. The molecule has 0 saturated carbocycles. The van der Waals surface area contributed by atoms with E-state index < -0.39 is 123 Å². The summed E-state index contributed by atoms with van der Waals surface area (Å²) in [7, 11) is 0. The molecule has 72 heavy (non-hydrogen) atoms. The van der Waals surface area contributed by atoms with E-state index in [-0.39, 0.29) is 26.2 Å². The van der Waals surface area contributed by atoms with E-state index in [4.69, 9.17) is 37.9 Å². The number of ether oxygens (including phenoxy) is 8. The molecule has 11 aliphatic heterocycles. The summed E-state index contributed by atoms with van der Waals surface area (Å²) in [5, 5.41) is 108. The highest BCUT2D eigenvalue weighted by atomic mass is 16.8. The molecular weight excluding hydrogens is 937 g/mol. The highest BCUT2D eigenvalue weighted by Gasteiger charge is 2.57. The third-order valence-electron chi connectivity index (χ3n) is 13.8. The first-order valence-electron chi connectivity index (χ1n) is 24.7. The lowest BCUT2D eigenvalue weighted by atomic mass is 9.94. The van der Waals surface area contributed by atoms with Gasteiger partial charge in [0.1, 0.15) is 97.7 Å². The van der Waals surface area contributed by atoms with Crippen LogP contribution in [0.4, 0.5) is 0 Å². The van der Waals surface area contributed by atoms with E-state index in [1.54, 1.807) is 0 Å². The van der Waals surface area contributed by atoms with E-state index in [1.165, 1.54) is 0 Å². The molecule has 0 unspecified atom stereocenters. The Morgan fingerprint density at radius 2 is 0.458 bits per heavy atom. The van der Waals surface area contributed by atoms with Crippen molar-refractivity contribution in [2.24, 2.45) is 0 Å². The molecule has 4 aromatic rings. The zero-order valence-electron chi connectivity index (χ0n) is 39.6. The van der Waals surface area contributed by atoms with Gasteiger partial charge in [-0.05, 0) is 22.3 Å². The molecule has 11 aliphatic rings. The lowest BCUT2D eigenvalue weighted by Crippen LogP contribution is -2.70. The number of aliphatic hydroxyl groups excluding tert-OH is 8. The molecule has 20 heteroatoms. The summed E-state index contributed by atoms with van der Waals surface area (Å²) in [4.78, 5) is 0. The SMILES string of the molecule is O[C@@H]1[C@@H]2O[C@@H]3[C@@H](O)[C@H](O)[C@H](O[C@@H]4[C@@H](O)[C@H](O)[C@H](O[C@@H]5[C@@H](O)[C@H](O)[C@H](O[C@H]([C@H]1O)[C@H](CNCc1ccccc1)O2)O[C@H]5CNCc1ccccc1)O[C@H]4CNCc1ccccc1)O[C@H]3CNCc1ccccc1. The minimum atomic E-state index is -1.85. The molecule has 11 saturated heterocycles. The molecular formula is C52H68N4O16. The van der Waals surface area contributed by atoms with Crippen LogP contribution in [0.5, 0.6) is 0 Å². The van der Waals surface area contributed by atoms with Crippen LogP contribution < -0.4 is 21.3 Å². The van der Waals surface area contributed by atoms with Crippen molar-refractivity contribution in [3.05, 3.63) is 144 Å². The third kappa shape index (κ3) is 12.8. The predicted octanol–water partition coefficient (Wildman–Crippen LogP) is -1.51. The first-order valence-corrected chi connectivity index (χ1v) is 24.7. The van der Waals surface area contributed by atoms with Crippen LogP contribution in [0.25, 0.3) is 0 Å². The quantitative estimate of drug-likeness (QED) is 0.0608. The normalized spacial score (nSPS) is 38.2. The van der Waals surface area contributed by atoms with Gasteiger partial charge in [0, 0.05) is 52.4 Å². The van der Waals surface area contributed by atoms with Gasteiger partial charge < -0.3 is 100 Å². The topological polar surface area (TPSA) is 284 Å². The minimum Gasteiger partial charge on any atom is -0.387 e. The summed E-state index contributed by atoms with van der Waals surface area (Å²) < 4.78 is 51.2. The number of rotatable bonds is 16. The standard InChI is InChI=1S/C52H68N4O16/c57-37-41(61)49-65-33(25-53-21-29-13-5-1-6-14-29)45(37)69-50-42(62)38(58)47(35(66-50)27-55-23-31-17-9-3-10-18-31)71-52-44(64)40(60)48(36(68-52)28-56-24-32-19-11-4-12-20-32)72-51-43(63)39(59)46(70-49)34(67-51)26-54-22-30-15-7-2-8-16-30/h1-20,33-64H,21-28H2/t33-,34-,35-,36-,37-,38-,39-,40-,41-,42-,43-,44-,45-,46-,47-,48-,49-,50-,51-,52-/m0/s1. The lowest BCUT2D eigenvalue weighted by Gasteiger charge is -2.51. The van der Waals surface area contributed by atoms with Crippen molar-refractivity contribution in [2.45, 2.75) is 149 Å². The molecule has 12 N–H and O–H groups in total. The maximum Gasteiger partial charge on any atom is 0.187 e. The molecule has 0 aliphatic carbocycles. The highest BCUT2D eigenvalue weighted by molar-refractivity contribution is 5.17. The van der Waals surface area contributed by atoms with Crippen LogP contribution in [0, 0.1) is 0 Å². The Hall–Kier alpha value is -3.92. The van der Waals surface area contributed by atoms with E-state index in [1.807, 2.05) is 121 Å². The van der Waals surface area contributed by atoms with Crippen LogP contribution in [-0.2, 0) is 64.1 Å². The Bertz CT molecular complexity index is 1910. The van der Waals surface area contributed by atoms with Crippen LogP contribution >= 0.6 is 0 Å². The number of hydrogen-bond donors (Lipinski definition) is 12. The maximum absolute atomic E-state index is 12.0. The molecule has 11 fully saturated rings. The van der Waals surface area contributed by atoms with Gasteiger partial charge in [-0.25, -0.2) is 0 Å². The first-order chi connectivity index (χ1) is 35.0. The maximum atomic E-state index is 12.0. The van der Waals surface area contributed by atoms with Crippen molar-refractivity contribution in [2.75, 3.05) is 26.2 Å². The predicted molar refractivity (Wildman–Crippen MR) is 255 cm³/mol. The Morgan fingerprint density at radius 3 is 0.653 bits per heavy atom. The van der Waals surface area contributed by atoms with Crippen LogP contribution in [0.15, 0.2) is 121 Å². The van der Waals surface area contributed by atoms with Gasteiger partial charge in [0.2, 0.25) is 0 Å². The molecule has 11 heterocycles. The van der Waals surface area contributed by atoms with Gasteiger partial charge in [0.15, 0.2) is 25.2 Å². The average molecular weight is 1010 g/mol. The summed E-state index contributed by atoms with van der Waals surface area (Å²) in [5.74, 6) is 0. The number of nitrogens with one attached hydrogen (secondary N) is 4. The lowest BCUT2D eigenvalue weighted by molar-refractivity contribution is -0.399. The van der Waals surface area contributed by atoms with Crippen molar-refractivity contribution in [1.29, 1.82) is 0 Å². The highest BCUT2D eigenvalue weighted by Crippen LogP contribution is 2.36. The Labute approximate surface area is 417 Å². The van der Waals surface area contributed by atoms with E-state index >= 15 is 0 Å². The molecule has 20 atom stereocenters. The minimum absolute atomic E-state index is 0.00528. The molecule has 4 aromatic carbocycles. The van der Waals surface area contributed by atoms with Crippen molar-refractivity contribution in [3.63, 3.8) is 0 Å². The summed E-state index contributed by atoms with van der Waals surface area (Å²) in [5.41, 5.74) is 3.73. The van der Waals surface area contributed by atoms with Crippen LogP contribution in [0.2, 0.25) is 0 Å². The van der Waals surface area contributed by atoms with Gasteiger partial charge in [0.25, 0.3) is 0 Å². The Morgan fingerprint density at radius 1 is 0.264 bits per heavy atom. The van der Waals surface area contributed by atoms with E-state index in [2.05, 4.69) is 21.3 Å². The Kier molecular flexibility index (Phi) is 18.4. The molecule has 0 aromatic heterocycles. The zero-order chi connectivity index (χ0) is 50.1. The molecule has 20 nitrogen and oxygen atoms in total. The van der Waals surface area contributed by atoms with Gasteiger partial charge in [-0.15, -0.1) is 0 Å². The molecule has 392 valence electrons. The summed E-state index contributed by atoms with van der Waals surface area (Å²) in [6.45, 7) is 1.42. The average Bonchev–Trinajstić information content (AvgIpc) is 3.40. The van der Waals surface area contributed by atoms with Crippen LogP contribution in [0.3, 0.4) is 0 Å². The van der Waals surface area contributed by atoms with Crippen molar-refractivity contribution in [3.8, 4) is 0 Å². The van der Waals surface area contributed by atoms with Crippen molar-refractivity contribution >= 4 is 0 Å². The van der Waals surface area contributed by atoms with Crippen LogP contribution in [0.1, 0.15) is 22.3 Å². The van der Waals surface area contributed by atoms with Gasteiger partial charge in [0.05, 0.1) is 0 Å². The van der Waals surface area contributed by atoms with E-state index in [0.717, 1.165) is 22.3 Å². The second kappa shape index (κ2) is 25.1. The smallest absolute Gasteiger partial charge is 0.187 e. The fourth-order valence-electron chi connectivity index (χ4n) is 9.84. The van der Waals surface area contributed by atoms with Crippen molar-refractivity contribution < 1.29 is 78.7 Å². The van der Waals surface area contributed by atoms with Crippen LogP contribution in [-0.4, -0.2) is 190 Å². The fraction of sp³-hybridized carbons (Fsp3) is 0.538. The largest absolute Gasteiger partial charge is 0.387 e. The third-order valence-corrected chi connectivity index (χ3v) is 13.8. The van der Waals surface area contributed by atoms with Gasteiger partial charge in [-0.1, -0.05) is 121 Å². The van der Waals surface area contributed by atoms with Gasteiger partial charge in [-0.2, -0.15) is 0 Å². The van der Waals surface area contributed by atoms with E-state index in [0.29, 0.717) is 26.2 Å². The number of hydrogen-bond acceptors (Lipinski definition) is 20. The monoisotopic (exact) mass is 1000 g/mol. The second-order valence-electron chi connectivity index (χ2n) is 19.0. The zero-order valence-corrected chi connectivity index (χ0v) is 39.6. The molecule has 0 spiro atoms. The second-order valence-corrected chi connectivity index (χ2v) is 19.0. The summed E-state index contributed by atoms with van der Waals surface area (Å²) >= 11 is 0. The van der Waals surface area contributed by atoms with Gasteiger partial charge in [-0.3, -0.25) is 0 Å².